The van der Waals surface area contributed by atoms with Crippen molar-refractivity contribution in [2.75, 3.05) is 11.1 Å². The number of carbonyl (C=O) groups is 1. The molecule has 32 heavy (non-hydrogen) atoms. The molecule has 0 aliphatic heterocycles. The van der Waals surface area contributed by atoms with Gasteiger partial charge in [0.15, 0.2) is 11.0 Å². The summed E-state index contributed by atoms with van der Waals surface area (Å²) in [7, 11) is 0. The van der Waals surface area contributed by atoms with Gasteiger partial charge in [0.25, 0.3) is 0 Å². The summed E-state index contributed by atoms with van der Waals surface area (Å²) < 4.78 is 29.3. The van der Waals surface area contributed by atoms with E-state index in [0.717, 1.165) is 34.1 Å². The number of anilines is 1. The van der Waals surface area contributed by atoms with E-state index in [1.807, 2.05) is 30.3 Å². The maximum absolute atomic E-state index is 13.8. The zero-order valence-corrected chi connectivity index (χ0v) is 18.7. The average Bonchev–Trinajstić information content (AvgIpc) is 3.20. The summed E-state index contributed by atoms with van der Waals surface area (Å²) >= 11 is 4.48. The Morgan fingerprint density at radius 3 is 2.59 bits per heavy atom. The molecule has 0 spiro atoms. The van der Waals surface area contributed by atoms with E-state index < -0.39 is 17.5 Å². The van der Waals surface area contributed by atoms with Gasteiger partial charge in [0.05, 0.1) is 17.0 Å². The molecule has 0 fully saturated rings. The molecule has 0 unspecified atom stereocenters. The van der Waals surface area contributed by atoms with Crippen LogP contribution in [0.2, 0.25) is 0 Å². The van der Waals surface area contributed by atoms with Gasteiger partial charge < -0.3 is 10.4 Å². The minimum Gasteiger partial charge on any atom is -0.507 e. The summed E-state index contributed by atoms with van der Waals surface area (Å²) in [5.41, 5.74) is 1.08. The van der Waals surface area contributed by atoms with E-state index >= 15 is 0 Å². The molecular weight excluding hydrogens is 502 g/mol. The summed E-state index contributed by atoms with van der Waals surface area (Å²) in [6, 6.07) is 17.1. The molecule has 2 N–H and O–H groups in total. The minimum absolute atomic E-state index is 0.0267. The third-order valence-corrected chi connectivity index (χ3v) is 5.81. The fourth-order valence-electron chi connectivity index (χ4n) is 2.94. The molecule has 1 aromatic heterocycles. The van der Waals surface area contributed by atoms with Crippen LogP contribution in [-0.4, -0.2) is 31.5 Å². The van der Waals surface area contributed by atoms with Crippen molar-refractivity contribution < 1.29 is 18.7 Å². The van der Waals surface area contributed by atoms with Gasteiger partial charge in [-0.1, -0.05) is 45.9 Å². The van der Waals surface area contributed by atoms with Gasteiger partial charge in [-0.05, 0) is 42.5 Å². The van der Waals surface area contributed by atoms with E-state index in [2.05, 4.69) is 31.4 Å². The van der Waals surface area contributed by atoms with E-state index in [9.17, 15) is 18.7 Å². The molecule has 1 amide bonds. The van der Waals surface area contributed by atoms with Crippen molar-refractivity contribution in [3.05, 3.63) is 82.8 Å². The maximum Gasteiger partial charge on any atom is 0.234 e. The molecule has 1 heterocycles. The van der Waals surface area contributed by atoms with Crippen LogP contribution < -0.4 is 5.32 Å². The van der Waals surface area contributed by atoms with Crippen LogP contribution in [0.1, 0.15) is 0 Å². The fourth-order valence-corrected chi connectivity index (χ4v) is 4.06. The highest BCUT2D eigenvalue weighted by Gasteiger charge is 2.20. The lowest BCUT2D eigenvalue weighted by molar-refractivity contribution is -0.113. The molecule has 0 bridgehead atoms. The van der Waals surface area contributed by atoms with Gasteiger partial charge >= 0.3 is 0 Å². The molecule has 4 rings (SSSR count). The summed E-state index contributed by atoms with van der Waals surface area (Å²) in [5, 5.41) is 21.6. The SMILES string of the molecule is O=C(CSc1nnc(-c2cc(Br)ccc2O)n1-c1ccccc1)Nc1ccc(F)cc1F. The highest BCUT2D eigenvalue weighted by molar-refractivity contribution is 9.10. The van der Waals surface area contributed by atoms with Crippen molar-refractivity contribution in [2.45, 2.75) is 5.16 Å². The molecule has 0 atom stereocenters. The van der Waals surface area contributed by atoms with Gasteiger partial charge in [-0.15, -0.1) is 10.2 Å². The van der Waals surface area contributed by atoms with Crippen LogP contribution in [-0.2, 0) is 4.79 Å². The number of aromatic nitrogens is 3. The molecule has 0 saturated heterocycles. The molecule has 3 aromatic carbocycles. The number of hydrogen-bond donors (Lipinski definition) is 2. The Hall–Kier alpha value is -3.24. The smallest absolute Gasteiger partial charge is 0.234 e. The second-order valence-electron chi connectivity index (χ2n) is 6.60. The van der Waals surface area contributed by atoms with Crippen LogP contribution in [0.4, 0.5) is 14.5 Å². The number of amides is 1. The molecular formula is C22H15BrF2N4O2S. The van der Waals surface area contributed by atoms with Crippen molar-refractivity contribution in [1.82, 2.24) is 14.8 Å². The lowest BCUT2D eigenvalue weighted by atomic mass is 10.2. The topological polar surface area (TPSA) is 80.0 Å². The predicted octanol–water partition coefficient (Wildman–Crippen LogP) is 5.41. The molecule has 162 valence electrons. The zero-order valence-electron chi connectivity index (χ0n) is 16.3. The van der Waals surface area contributed by atoms with Gasteiger partial charge in [0.1, 0.15) is 17.4 Å². The van der Waals surface area contributed by atoms with E-state index in [1.54, 1.807) is 22.8 Å². The number of phenolic OH excluding ortho intramolecular Hbond substituents is 1. The molecule has 6 nitrogen and oxygen atoms in total. The number of nitrogens with one attached hydrogen (secondary N) is 1. The van der Waals surface area contributed by atoms with Gasteiger partial charge in [-0.3, -0.25) is 9.36 Å². The second-order valence-corrected chi connectivity index (χ2v) is 8.46. The quantitative estimate of drug-likeness (QED) is 0.335. The Morgan fingerprint density at radius 2 is 1.84 bits per heavy atom. The molecule has 0 saturated carbocycles. The first-order valence-corrected chi connectivity index (χ1v) is 11.1. The van der Waals surface area contributed by atoms with Crippen LogP contribution in [0.25, 0.3) is 17.1 Å². The summed E-state index contributed by atoms with van der Waals surface area (Å²) in [6.07, 6.45) is 0. The normalized spacial score (nSPS) is 10.8. The van der Waals surface area contributed by atoms with Crippen molar-refractivity contribution in [3.8, 4) is 22.8 Å². The van der Waals surface area contributed by atoms with Crippen molar-refractivity contribution in [3.63, 3.8) is 0 Å². The number of nitrogens with zero attached hydrogens (tertiary/aromatic N) is 3. The standard InChI is InChI=1S/C22H15BrF2N4O2S/c23-13-6-9-19(30)16(10-13)21-27-28-22(29(21)15-4-2-1-3-5-15)32-12-20(31)26-18-8-7-14(24)11-17(18)25/h1-11,30H,12H2,(H,26,31). The van der Waals surface area contributed by atoms with Crippen molar-refractivity contribution in [1.29, 1.82) is 0 Å². The predicted molar refractivity (Wildman–Crippen MR) is 122 cm³/mol. The summed E-state index contributed by atoms with van der Waals surface area (Å²) in [6.45, 7) is 0. The van der Waals surface area contributed by atoms with E-state index in [4.69, 9.17) is 0 Å². The van der Waals surface area contributed by atoms with Gasteiger partial charge in [0.2, 0.25) is 5.91 Å². The first kappa shape index (κ1) is 22.0. The summed E-state index contributed by atoms with van der Waals surface area (Å²) in [4.78, 5) is 12.4. The van der Waals surface area contributed by atoms with Gasteiger partial charge in [-0.2, -0.15) is 0 Å². The number of hydrogen-bond acceptors (Lipinski definition) is 5. The number of phenols is 1. The van der Waals surface area contributed by atoms with Gasteiger partial charge in [-0.25, -0.2) is 8.78 Å². The van der Waals surface area contributed by atoms with Crippen molar-refractivity contribution >= 4 is 39.3 Å². The van der Waals surface area contributed by atoms with Crippen LogP contribution >= 0.6 is 27.7 Å². The van der Waals surface area contributed by atoms with Crippen LogP contribution in [0, 0.1) is 11.6 Å². The van der Waals surface area contributed by atoms with Gasteiger partial charge in [0, 0.05) is 16.2 Å². The maximum atomic E-state index is 13.8. The largest absolute Gasteiger partial charge is 0.507 e. The third-order valence-electron chi connectivity index (χ3n) is 4.38. The van der Waals surface area contributed by atoms with Crippen LogP contribution in [0.3, 0.4) is 0 Å². The number of halogens is 3. The zero-order chi connectivity index (χ0) is 22.7. The first-order chi connectivity index (χ1) is 15.4. The highest BCUT2D eigenvalue weighted by atomic mass is 79.9. The Balaban J connectivity index is 1.62. The minimum atomic E-state index is -0.858. The Labute approximate surface area is 194 Å². The average molecular weight is 517 g/mol. The number of thioether (sulfide) groups is 1. The monoisotopic (exact) mass is 516 g/mol. The van der Waals surface area contributed by atoms with Crippen LogP contribution in [0.15, 0.2) is 76.4 Å². The molecule has 10 heteroatoms. The Morgan fingerprint density at radius 1 is 1.06 bits per heavy atom. The fraction of sp³-hybridized carbons (Fsp3) is 0.0455. The highest BCUT2D eigenvalue weighted by Crippen LogP contribution is 2.34. The third kappa shape index (κ3) is 4.81. The van der Waals surface area contributed by atoms with E-state index in [-0.39, 0.29) is 17.2 Å². The van der Waals surface area contributed by atoms with E-state index in [0.29, 0.717) is 22.6 Å². The molecule has 0 radical (unpaired) electrons. The van der Waals surface area contributed by atoms with Crippen molar-refractivity contribution in [2.24, 2.45) is 0 Å². The summed E-state index contributed by atoms with van der Waals surface area (Å²) in [5.74, 6) is -1.75. The number of para-hydroxylation sites is 1. The van der Waals surface area contributed by atoms with Crippen LogP contribution in [0.5, 0.6) is 5.75 Å². The lowest BCUT2D eigenvalue weighted by Crippen LogP contribution is -2.15. The second kappa shape index (κ2) is 9.49. The first-order valence-electron chi connectivity index (χ1n) is 9.30. The molecule has 4 aromatic rings. The van der Waals surface area contributed by atoms with E-state index in [1.165, 1.54) is 0 Å². The lowest BCUT2D eigenvalue weighted by Gasteiger charge is -2.11. The Bertz CT molecular complexity index is 1280. The number of benzene rings is 3. The number of aromatic hydroxyl groups is 1. The number of rotatable bonds is 6. The Kier molecular flexibility index (Phi) is 6.52. The molecule has 0 aliphatic carbocycles. The molecule has 0 aliphatic rings. The number of carbonyl (C=O) groups excluding carboxylic acids is 1.